The van der Waals surface area contributed by atoms with Crippen molar-refractivity contribution in [3.05, 3.63) is 28.0 Å². The third-order valence-corrected chi connectivity index (χ3v) is 5.37. The van der Waals surface area contributed by atoms with Gasteiger partial charge in [-0.25, -0.2) is 13.4 Å². The monoisotopic (exact) mass is 314 g/mol. The van der Waals surface area contributed by atoms with E-state index in [4.69, 9.17) is 0 Å². The maximum atomic E-state index is 12.1. The van der Waals surface area contributed by atoms with Crippen LogP contribution in [0.3, 0.4) is 0 Å². The van der Waals surface area contributed by atoms with E-state index in [0.29, 0.717) is 23.9 Å². The van der Waals surface area contributed by atoms with Crippen LogP contribution < -0.4 is 0 Å². The number of hydrogen-bond acceptors (Lipinski definition) is 6. The fourth-order valence-electron chi connectivity index (χ4n) is 1.71. The molecular formula is C12H18N4O2S2. The zero-order valence-electron chi connectivity index (χ0n) is 11.8. The summed E-state index contributed by atoms with van der Waals surface area (Å²) in [6.07, 6.45) is 1.66. The van der Waals surface area contributed by atoms with E-state index in [1.165, 1.54) is 11.3 Å². The van der Waals surface area contributed by atoms with Gasteiger partial charge < -0.3 is 0 Å². The van der Waals surface area contributed by atoms with Crippen molar-refractivity contribution in [2.45, 2.75) is 44.7 Å². The molecule has 0 atom stereocenters. The third-order valence-electron chi connectivity index (χ3n) is 2.71. The van der Waals surface area contributed by atoms with Crippen LogP contribution >= 0.6 is 11.3 Å². The average molecular weight is 314 g/mol. The summed E-state index contributed by atoms with van der Waals surface area (Å²) in [5.41, 5.74) is 1.09. The van der Waals surface area contributed by atoms with Gasteiger partial charge in [-0.1, -0.05) is 19.1 Å². The van der Waals surface area contributed by atoms with E-state index in [0.717, 1.165) is 5.01 Å². The fourth-order valence-corrected chi connectivity index (χ4v) is 3.94. The zero-order chi connectivity index (χ0) is 14.8. The molecule has 6 nitrogen and oxygen atoms in total. The number of rotatable bonds is 6. The van der Waals surface area contributed by atoms with E-state index in [-0.39, 0.29) is 11.5 Å². The first-order valence-corrected chi connectivity index (χ1v) is 9.13. The van der Waals surface area contributed by atoms with Crippen molar-refractivity contribution in [2.75, 3.05) is 0 Å². The summed E-state index contributed by atoms with van der Waals surface area (Å²) in [5, 5.41) is 10.5. The van der Waals surface area contributed by atoms with Gasteiger partial charge in [-0.05, 0) is 6.92 Å². The second-order valence-corrected chi connectivity index (χ2v) is 7.88. The number of aromatic nitrogens is 4. The van der Waals surface area contributed by atoms with Crippen LogP contribution in [0.5, 0.6) is 0 Å². The van der Waals surface area contributed by atoms with Gasteiger partial charge in [-0.15, -0.1) is 16.4 Å². The van der Waals surface area contributed by atoms with Gasteiger partial charge in [0.2, 0.25) is 0 Å². The number of hydrogen-bond donors (Lipinski definition) is 0. The Morgan fingerprint density at radius 1 is 1.30 bits per heavy atom. The molecule has 0 radical (unpaired) electrons. The molecule has 2 aromatic rings. The molecule has 0 bridgehead atoms. The molecule has 0 N–H and O–H groups in total. The summed E-state index contributed by atoms with van der Waals surface area (Å²) in [6.45, 7) is 6.69. The average Bonchev–Trinajstić information content (AvgIpc) is 2.97. The molecule has 0 amide bonds. The van der Waals surface area contributed by atoms with Gasteiger partial charge in [-0.2, -0.15) is 0 Å². The largest absolute Gasteiger partial charge is 0.253 e. The van der Waals surface area contributed by atoms with Gasteiger partial charge in [0.05, 0.1) is 27.9 Å². The molecule has 0 aliphatic heterocycles. The molecule has 2 heterocycles. The standard InChI is InChI=1S/C12H18N4O2S2/c1-4-16-5-10(14-15-16)7-20(17,18)8-11-6-19-12(13-11)9(2)3/h5-6,9H,4,7-8H2,1-3H3. The summed E-state index contributed by atoms with van der Waals surface area (Å²) < 4.78 is 25.9. The lowest BCUT2D eigenvalue weighted by atomic mass is 10.2. The van der Waals surface area contributed by atoms with Crippen molar-refractivity contribution in [2.24, 2.45) is 0 Å². The van der Waals surface area contributed by atoms with Gasteiger partial charge in [0.25, 0.3) is 0 Å². The topological polar surface area (TPSA) is 77.7 Å². The summed E-state index contributed by atoms with van der Waals surface area (Å²) in [7, 11) is -3.27. The maximum absolute atomic E-state index is 12.1. The van der Waals surface area contributed by atoms with Gasteiger partial charge in [0.1, 0.15) is 0 Å². The molecule has 2 aromatic heterocycles. The zero-order valence-corrected chi connectivity index (χ0v) is 13.4. The quantitative estimate of drug-likeness (QED) is 0.815. The smallest absolute Gasteiger partial charge is 0.161 e. The molecule has 0 aliphatic carbocycles. The molecule has 8 heteroatoms. The van der Waals surface area contributed by atoms with Crippen molar-refractivity contribution in [1.82, 2.24) is 20.0 Å². The lowest BCUT2D eigenvalue weighted by Gasteiger charge is -2.00. The van der Waals surface area contributed by atoms with E-state index >= 15 is 0 Å². The van der Waals surface area contributed by atoms with Crippen LogP contribution in [-0.2, 0) is 27.9 Å². The van der Waals surface area contributed by atoms with E-state index in [1.54, 1.807) is 10.9 Å². The first-order chi connectivity index (χ1) is 9.39. The van der Waals surface area contributed by atoms with Crippen LogP contribution in [0.25, 0.3) is 0 Å². The highest BCUT2D eigenvalue weighted by Gasteiger charge is 2.18. The van der Waals surface area contributed by atoms with Crippen LogP contribution in [0.1, 0.15) is 43.1 Å². The minimum Gasteiger partial charge on any atom is -0.253 e. The van der Waals surface area contributed by atoms with E-state index in [2.05, 4.69) is 15.3 Å². The minimum atomic E-state index is -3.27. The molecule has 0 aliphatic rings. The van der Waals surface area contributed by atoms with Crippen LogP contribution in [0, 0.1) is 0 Å². The summed E-state index contributed by atoms with van der Waals surface area (Å²) in [4.78, 5) is 4.36. The molecule has 0 saturated carbocycles. The van der Waals surface area contributed by atoms with Crippen LogP contribution in [0.15, 0.2) is 11.6 Å². The lowest BCUT2D eigenvalue weighted by molar-refractivity contribution is 0.593. The Bertz CT molecular complexity index is 673. The Labute approximate surface area is 122 Å². The molecule has 0 unspecified atom stereocenters. The van der Waals surface area contributed by atoms with E-state index in [9.17, 15) is 8.42 Å². The van der Waals surface area contributed by atoms with E-state index in [1.807, 2.05) is 26.2 Å². The predicted molar refractivity (Wildman–Crippen MR) is 78.2 cm³/mol. The molecule has 0 saturated heterocycles. The SMILES string of the molecule is CCn1cc(CS(=O)(=O)Cc2csc(C(C)C)n2)nn1. The Kier molecular flexibility index (Phi) is 4.54. The van der Waals surface area contributed by atoms with Crippen molar-refractivity contribution in [3.63, 3.8) is 0 Å². The summed E-state index contributed by atoms with van der Waals surface area (Å²) in [5.74, 6) is 0.178. The number of sulfone groups is 1. The second-order valence-electron chi connectivity index (χ2n) is 4.93. The third kappa shape index (κ3) is 3.86. The number of nitrogens with zero attached hydrogens (tertiary/aromatic N) is 4. The molecule has 20 heavy (non-hydrogen) atoms. The molecule has 0 fully saturated rings. The lowest BCUT2D eigenvalue weighted by Crippen LogP contribution is -2.08. The number of thiazole rings is 1. The summed E-state index contributed by atoms with van der Waals surface area (Å²) in [6, 6.07) is 0. The van der Waals surface area contributed by atoms with Crippen LogP contribution in [0.4, 0.5) is 0 Å². The summed E-state index contributed by atoms with van der Waals surface area (Å²) >= 11 is 1.50. The van der Waals surface area contributed by atoms with Crippen LogP contribution in [0.2, 0.25) is 0 Å². The normalized spacial score (nSPS) is 12.2. The highest BCUT2D eigenvalue weighted by molar-refractivity contribution is 7.89. The molecule has 2 rings (SSSR count). The molecule has 0 aromatic carbocycles. The van der Waals surface area contributed by atoms with Gasteiger partial charge >= 0.3 is 0 Å². The molecular weight excluding hydrogens is 296 g/mol. The Hall–Kier alpha value is -1.28. The highest BCUT2D eigenvalue weighted by Crippen LogP contribution is 2.21. The highest BCUT2D eigenvalue weighted by atomic mass is 32.2. The second kappa shape index (κ2) is 6.01. The number of aryl methyl sites for hydroxylation is 1. The Morgan fingerprint density at radius 3 is 2.55 bits per heavy atom. The van der Waals surface area contributed by atoms with Crippen molar-refractivity contribution >= 4 is 21.2 Å². The first kappa shape index (κ1) is 15.1. The molecule has 110 valence electrons. The van der Waals surface area contributed by atoms with Gasteiger partial charge in [0, 0.05) is 24.0 Å². The van der Waals surface area contributed by atoms with Crippen molar-refractivity contribution in [1.29, 1.82) is 0 Å². The Morgan fingerprint density at radius 2 is 2.00 bits per heavy atom. The molecule has 0 spiro atoms. The minimum absolute atomic E-state index is 0.0464. The Balaban J connectivity index is 2.06. The van der Waals surface area contributed by atoms with Crippen molar-refractivity contribution in [3.8, 4) is 0 Å². The maximum Gasteiger partial charge on any atom is 0.161 e. The van der Waals surface area contributed by atoms with Gasteiger partial charge in [0.15, 0.2) is 9.84 Å². The van der Waals surface area contributed by atoms with E-state index < -0.39 is 9.84 Å². The van der Waals surface area contributed by atoms with Gasteiger partial charge in [-0.3, -0.25) is 4.68 Å². The van der Waals surface area contributed by atoms with Crippen molar-refractivity contribution < 1.29 is 8.42 Å². The van der Waals surface area contributed by atoms with Crippen LogP contribution in [-0.4, -0.2) is 28.4 Å². The predicted octanol–water partition coefficient (Wildman–Crippen LogP) is 1.99. The fraction of sp³-hybridized carbons (Fsp3) is 0.583. The first-order valence-electron chi connectivity index (χ1n) is 6.43.